The van der Waals surface area contributed by atoms with Crippen molar-refractivity contribution in [3.05, 3.63) is 23.8 Å². The molecule has 7 heteroatoms. The Balaban J connectivity index is 1.80. The molecule has 1 saturated heterocycles. The van der Waals surface area contributed by atoms with Gasteiger partial charge < -0.3 is 24.3 Å². The van der Waals surface area contributed by atoms with Crippen LogP contribution in [0.2, 0.25) is 0 Å². The average Bonchev–Trinajstić information content (AvgIpc) is 3.10. The largest absolute Gasteiger partial charge is 0.493 e. The van der Waals surface area contributed by atoms with Crippen LogP contribution in [0.4, 0.5) is 0 Å². The zero-order valence-electron chi connectivity index (χ0n) is 13.3. The number of hydrogen-bond acceptors (Lipinski definition) is 6. The van der Waals surface area contributed by atoms with Crippen molar-refractivity contribution >= 4 is 11.9 Å². The van der Waals surface area contributed by atoms with E-state index in [1.807, 2.05) is 0 Å². The molecule has 23 heavy (non-hydrogen) atoms. The molecule has 1 aromatic rings. The second kappa shape index (κ2) is 8.38. The molecule has 0 radical (unpaired) electrons. The third-order valence-corrected chi connectivity index (χ3v) is 3.50. The number of amides is 1. The van der Waals surface area contributed by atoms with Crippen LogP contribution in [-0.2, 0) is 14.3 Å². The lowest BCUT2D eigenvalue weighted by Gasteiger charge is -2.11. The van der Waals surface area contributed by atoms with Crippen LogP contribution >= 0.6 is 0 Å². The van der Waals surface area contributed by atoms with Gasteiger partial charge in [-0.05, 0) is 31.0 Å². The molecule has 1 aliphatic heterocycles. The Bertz CT molecular complexity index is 554. The van der Waals surface area contributed by atoms with Crippen LogP contribution in [0.3, 0.4) is 0 Å². The van der Waals surface area contributed by atoms with Crippen LogP contribution in [-0.4, -0.2) is 52.0 Å². The van der Waals surface area contributed by atoms with E-state index < -0.39 is 5.97 Å². The molecule has 1 fully saturated rings. The van der Waals surface area contributed by atoms with E-state index in [1.165, 1.54) is 20.3 Å². The maximum Gasteiger partial charge on any atom is 0.338 e. The molecule has 126 valence electrons. The van der Waals surface area contributed by atoms with Gasteiger partial charge in [-0.15, -0.1) is 0 Å². The number of carbonyl (C=O) groups excluding carboxylic acids is 2. The second-order valence-corrected chi connectivity index (χ2v) is 5.09. The van der Waals surface area contributed by atoms with Crippen molar-refractivity contribution in [2.45, 2.75) is 18.9 Å². The highest BCUT2D eigenvalue weighted by atomic mass is 16.5. The fourth-order valence-corrected chi connectivity index (χ4v) is 2.26. The number of benzene rings is 1. The normalized spacial score (nSPS) is 16.7. The van der Waals surface area contributed by atoms with Crippen LogP contribution in [0.25, 0.3) is 0 Å². The molecular formula is C16H21NO6. The van der Waals surface area contributed by atoms with Crippen molar-refractivity contribution in [1.29, 1.82) is 0 Å². The Hall–Kier alpha value is -2.28. The van der Waals surface area contributed by atoms with Crippen LogP contribution in [0.15, 0.2) is 18.2 Å². The average molecular weight is 323 g/mol. The molecule has 1 unspecified atom stereocenters. The third-order valence-electron chi connectivity index (χ3n) is 3.50. The number of rotatable bonds is 7. The van der Waals surface area contributed by atoms with E-state index in [0.29, 0.717) is 18.0 Å². The van der Waals surface area contributed by atoms with E-state index in [2.05, 4.69) is 5.32 Å². The van der Waals surface area contributed by atoms with Crippen molar-refractivity contribution in [3.8, 4) is 11.5 Å². The van der Waals surface area contributed by atoms with Gasteiger partial charge in [-0.1, -0.05) is 0 Å². The van der Waals surface area contributed by atoms with Gasteiger partial charge in [0.25, 0.3) is 5.91 Å². The maximum atomic E-state index is 12.0. The SMILES string of the molecule is COc1ccc(C(=O)OCC(=O)NCC2CCCO2)cc1OC. The molecule has 0 aromatic heterocycles. The molecule has 1 amide bonds. The molecular weight excluding hydrogens is 302 g/mol. The van der Waals surface area contributed by atoms with Gasteiger partial charge in [0, 0.05) is 13.2 Å². The summed E-state index contributed by atoms with van der Waals surface area (Å²) in [6.07, 6.45) is 2.00. The summed E-state index contributed by atoms with van der Waals surface area (Å²) in [5.41, 5.74) is 0.287. The molecule has 1 atom stereocenters. The summed E-state index contributed by atoms with van der Waals surface area (Å²) < 4.78 is 20.6. The first-order valence-corrected chi connectivity index (χ1v) is 7.41. The first-order valence-electron chi connectivity index (χ1n) is 7.41. The highest BCUT2D eigenvalue weighted by molar-refractivity contribution is 5.92. The van der Waals surface area contributed by atoms with E-state index in [4.69, 9.17) is 18.9 Å². The molecule has 1 heterocycles. The fourth-order valence-electron chi connectivity index (χ4n) is 2.26. The Morgan fingerprint density at radius 1 is 1.26 bits per heavy atom. The van der Waals surface area contributed by atoms with E-state index in [0.717, 1.165) is 19.4 Å². The summed E-state index contributed by atoms with van der Waals surface area (Å²) in [5.74, 6) is -0.0179. The maximum absolute atomic E-state index is 12.0. The monoisotopic (exact) mass is 323 g/mol. The fraction of sp³-hybridized carbons (Fsp3) is 0.500. The van der Waals surface area contributed by atoms with Gasteiger partial charge in [0.2, 0.25) is 0 Å². The van der Waals surface area contributed by atoms with Crippen LogP contribution in [0, 0.1) is 0 Å². The second-order valence-electron chi connectivity index (χ2n) is 5.09. The standard InChI is InChI=1S/C16H21NO6/c1-20-13-6-5-11(8-14(13)21-2)16(19)23-10-15(18)17-9-12-4-3-7-22-12/h5-6,8,12H,3-4,7,9-10H2,1-2H3,(H,17,18). The molecule has 0 bridgehead atoms. The van der Waals surface area contributed by atoms with Gasteiger partial charge >= 0.3 is 5.97 Å². The van der Waals surface area contributed by atoms with Crippen molar-refractivity contribution in [1.82, 2.24) is 5.32 Å². The molecule has 7 nitrogen and oxygen atoms in total. The first kappa shape index (κ1) is 17.1. The minimum absolute atomic E-state index is 0.0560. The number of esters is 1. The molecule has 1 aromatic carbocycles. The lowest BCUT2D eigenvalue weighted by atomic mass is 10.2. The van der Waals surface area contributed by atoms with Gasteiger partial charge in [-0.2, -0.15) is 0 Å². The third kappa shape index (κ3) is 4.85. The number of hydrogen-bond donors (Lipinski definition) is 1. The summed E-state index contributed by atoms with van der Waals surface area (Å²) in [4.78, 5) is 23.6. The lowest BCUT2D eigenvalue weighted by molar-refractivity contribution is -0.124. The summed E-state index contributed by atoms with van der Waals surface area (Å²) in [6, 6.07) is 4.66. The van der Waals surface area contributed by atoms with Gasteiger partial charge in [-0.3, -0.25) is 4.79 Å². The van der Waals surface area contributed by atoms with E-state index >= 15 is 0 Å². The number of carbonyl (C=O) groups is 2. The van der Waals surface area contributed by atoms with E-state index in [1.54, 1.807) is 12.1 Å². The molecule has 2 rings (SSSR count). The molecule has 0 spiro atoms. The highest BCUT2D eigenvalue weighted by Gasteiger charge is 2.17. The zero-order chi connectivity index (χ0) is 16.7. The summed E-state index contributed by atoms with van der Waals surface area (Å²) in [7, 11) is 2.99. The van der Waals surface area contributed by atoms with Crippen LogP contribution < -0.4 is 14.8 Å². The number of methoxy groups -OCH3 is 2. The summed E-state index contributed by atoms with van der Waals surface area (Å²) in [5, 5.41) is 2.69. The summed E-state index contributed by atoms with van der Waals surface area (Å²) >= 11 is 0. The molecule has 0 saturated carbocycles. The lowest BCUT2D eigenvalue weighted by Crippen LogP contribution is -2.34. The Morgan fingerprint density at radius 3 is 2.70 bits per heavy atom. The first-order chi connectivity index (χ1) is 11.1. The molecule has 1 N–H and O–H groups in total. The van der Waals surface area contributed by atoms with Gasteiger partial charge in [0.05, 0.1) is 25.9 Å². The Labute approximate surface area is 134 Å². The Morgan fingerprint density at radius 2 is 2.04 bits per heavy atom. The van der Waals surface area contributed by atoms with Crippen molar-refractivity contribution in [3.63, 3.8) is 0 Å². The van der Waals surface area contributed by atoms with Crippen LogP contribution in [0.5, 0.6) is 11.5 Å². The molecule has 0 aliphatic carbocycles. The van der Waals surface area contributed by atoms with Crippen molar-refractivity contribution < 1.29 is 28.5 Å². The highest BCUT2D eigenvalue weighted by Crippen LogP contribution is 2.27. The predicted octanol–water partition coefficient (Wildman–Crippen LogP) is 1.16. The van der Waals surface area contributed by atoms with Gasteiger partial charge in [-0.25, -0.2) is 4.79 Å². The minimum atomic E-state index is -0.599. The quantitative estimate of drug-likeness (QED) is 0.758. The zero-order valence-corrected chi connectivity index (χ0v) is 13.3. The number of ether oxygens (including phenoxy) is 4. The predicted molar refractivity (Wildman–Crippen MR) is 81.8 cm³/mol. The van der Waals surface area contributed by atoms with E-state index in [9.17, 15) is 9.59 Å². The van der Waals surface area contributed by atoms with Crippen molar-refractivity contribution in [2.24, 2.45) is 0 Å². The van der Waals surface area contributed by atoms with Gasteiger partial charge in [0.1, 0.15) is 0 Å². The van der Waals surface area contributed by atoms with Gasteiger partial charge in [0.15, 0.2) is 18.1 Å². The smallest absolute Gasteiger partial charge is 0.338 e. The van der Waals surface area contributed by atoms with Crippen molar-refractivity contribution in [2.75, 3.05) is 34.0 Å². The Kier molecular flexibility index (Phi) is 6.22. The topological polar surface area (TPSA) is 83.1 Å². The molecule has 1 aliphatic rings. The number of nitrogens with one attached hydrogen (secondary N) is 1. The van der Waals surface area contributed by atoms with E-state index in [-0.39, 0.29) is 24.2 Å². The minimum Gasteiger partial charge on any atom is -0.493 e. The summed E-state index contributed by atoms with van der Waals surface area (Å²) in [6.45, 7) is 0.835. The van der Waals surface area contributed by atoms with Crippen LogP contribution in [0.1, 0.15) is 23.2 Å².